The number of H-pyrrole nitrogens is 1. The molecule has 96 valence electrons. The predicted molar refractivity (Wildman–Crippen MR) is 78.1 cm³/mol. The number of hydrogen-bond donors (Lipinski definition) is 1. The molecule has 3 aromatic rings. The van der Waals surface area contributed by atoms with E-state index in [1.807, 2.05) is 30.5 Å². The highest BCUT2D eigenvalue weighted by Gasteiger charge is 2.11. The number of aromatic amines is 1. The van der Waals surface area contributed by atoms with Crippen molar-refractivity contribution in [1.29, 1.82) is 0 Å². The van der Waals surface area contributed by atoms with E-state index in [-0.39, 0.29) is 0 Å². The minimum absolute atomic E-state index is 0.547. The van der Waals surface area contributed by atoms with Crippen molar-refractivity contribution in [2.75, 3.05) is 7.11 Å². The number of ether oxygens (including phenoxy) is 1. The lowest BCUT2D eigenvalue weighted by Crippen LogP contribution is -1.87. The lowest BCUT2D eigenvalue weighted by molar-refractivity contribution is 0.415. The average Bonchev–Trinajstić information content (AvgIpc) is 2.88. The van der Waals surface area contributed by atoms with Gasteiger partial charge in [-0.05, 0) is 23.8 Å². The molecule has 2 heterocycles. The van der Waals surface area contributed by atoms with E-state index in [1.54, 1.807) is 13.3 Å². The molecule has 0 saturated carbocycles. The van der Waals surface area contributed by atoms with Crippen molar-refractivity contribution in [3.05, 3.63) is 46.7 Å². The largest absolute Gasteiger partial charge is 0.495 e. The van der Waals surface area contributed by atoms with Gasteiger partial charge in [0.2, 0.25) is 0 Å². The zero-order valence-electron chi connectivity index (χ0n) is 10.1. The van der Waals surface area contributed by atoms with Gasteiger partial charge in [-0.3, -0.25) is 0 Å². The van der Waals surface area contributed by atoms with Gasteiger partial charge in [0.1, 0.15) is 11.4 Å². The van der Waals surface area contributed by atoms with Gasteiger partial charge < -0.3 is 9.72 Å². The lowest BCUT2D eigenvalue weighted by Gasteiger charge is -2.08. The maximum absolute atomic E-state index is 6.41. The molecular weight excluding hydrogens is 283 g/mol. The first-order valence-corrected chi connectivity index (χ1v) is 6.42. The van der Waals surface area contributed by atoms with Gasteiger partial charge in [-0.25, -0.2) is 4.98 Å². The molecule has 0 aliphatic rings. The van der Waals surface area contributed by atoms with Crippen LogP contribution in [-0.4, -0.2) is 17.1 Å². The minimum Gasteiger partial charge on any atom is -0.495 e. The maximum Gasteiger partial charge on any atom is 0.138 e. The molecule has 1 aromatic carbocycles. The van der Waals surface area contributed by atoms with Crippen molar-refractivity contribution in [3.63, 3.8) is 0 Å². The molecule has 3 rings (SSSR count). The molecule has 0 aliphatic carbocycles. The Labute approximate surface area is 120 Å². The first-order valence-electron chi connectivity index (χ1n) is 5.66. The van der Waals surface area contributed by atoms with Crippen LogP contribution in [0.15, 0.2) is 36.7 Å². The third kappa shape index (κ3) is 2.05. The number of pyridine rings is 1. The summed E-state index contributed by atoms with van der Waals surface area (Å²) in [5.74, 6) is 0.636. The zero-order valence-corrected chi connectivity index (χ0v) is 11.6. The smallest absolute Gasteiger partial charge is 0.138 e. The number of fused-ring (bicyclic) bond motifs is 1. The minimum atomic E-state index is 0.547. The van der Waals surface area contributed by atoms with Crippen LogP contribution in [-0.2, 0) is 0 Å². The Balaban J connectivity index is 2.18. The van der Waals surface area contributed by atoms with Crippen LogP contribution in [0.1, 0.15) is 0 Å². The highest BCUT2D eigenvalue weighted by atomic mass is 35.5. The van der Waals surface area contributed by atoms with Crippen molar-refractivity contribution in [3.8, 4) is 16.9 Å². The Hall–Kier alpha value is -1.71. The highest BCUT2D eigenvalue weighted by Crippen LogP contribution is 2.36. The van der Waals surface area contributed by atoms with Crippen molar-refractivity contribution < 1.29 is 4.74 Å². The van der Waals surface area contributed by atoms with Crippen LogP contribution in [0.4, 0.5) is 0 Å². The summed E-state index contributed by atoms with van der Waals surface area (Å²) < 4.78 is 5.14. The molecule has 0 amide bonds. The third-order valence-electron chi connectivity index (χ3n) is 2.98. The van der Waals surface area contributed by atoms with Crippen molar-refractivity contribution in [2.45, 2.75) is 0 Å². The second-order valence-corrected chi connectivity index (χ2v) is 4.86. The van der Waals surface area contributed by atoms with Gasteiger partial charge in [-0.2, -0.15) is 0 Å². The number of methoxy groups -OCH3 is 1. The van der Waals surface area contributed by atoms with Crippen LogP contribution in [0.25, 0.3) is 22.2 Å². The van der Waals surface area contributed by atoms with Crippen molar-refractivity contribution in [2.24, 2.45) is 0 Å². The van der Waals surface area contributed by atoms with E-state index in [4.69, 9.17) is 27.9 Å². The van der Waals surface area contributed by atoms with Gasteiger partial charge >= 0.3 is 0 Å². The Morgan fingerprint density at radius 1 is 1.21 bits per heavy atom. The average molecular weight is 293 g/mol. The highest BCUT2D eigenvalue weighted by molar-refractivity contribution is 6.38. The summed E-state index contributed by atoms with van der Waals surface area (Å²) in [7, 11) is 1.58. The number of halogens is 2. The van der Waals surface area contributed by atoms with Gasteiger partial charge in [-0.15, -0.1) is 0 Å². The first-order chi connectivity index (χ1) is 9.20. The number of hydrogen-bond acceptors (Lipinski definition) is 2. The molecule has 0 unspecified atom stereocenters. The van der Waals surface area contributed by atoms with E-state index in [9.17, 15) is 0 Å². The number of nitrogens with one attached hydrogen (secondary N) is 1. The quantitative estimate of drug-likeness (QED) is 0.753. The zero-order chi connectivity index (χ0) is 13.4. The summed E-state index contributed by atoms with van der Waals surface area (Å²) in [6, 6.07) is 7.45. The predicted octanol–water partition coefficient (Wildman–Crippen LogP) is 4.55. The van der Waals surface area contributed by atoms with Crippen molar-refractivity contribution in [1.82, 2.24) is 9.97 Å². The van der Waals surface area contributed by atoms with Gasteiger partial charge in [-0.1, -0.05) is 29.3 Å². The fraction of sp³-hybridized carbons (Fsp3) is 0.0714. The molecule has 0 radical (unpaired) electrons. The van der Waals surface area contributed by atoms with Gasteiger partial charge in [0, 0.05) is 23.3 Å². The van der Waals surface area contributed by atoms with Gasteiger partial charge in [0.25, 0.3) is 0 Å². The first kappa shape index (κ1) is 12.3. The molecule has 2 aromatic heterocycles. The topological polar surface area (TPSA) is 37.9 Å². The molecule has 0 fully saturated rings. The molecule has 5 heteroatoms. The number of rotatable bonds is 2. The maximum atomic E-state index is 6.41. The Morgan fingerprint density at radius 2 is 2.05 bits per heavy atom. The van der Waals surface area contributed by atoms with Crippen LogP contribution >= 0.6 is 23.2 Å². The SMILES string of the molecule is COc1ccc(-c2cnc3[nH]ccc3c2Cl)cc1Cl. The van der Waals surface area contributed by atoms with Crippen LogP contribution in [0.3, 0.4) is 0 Å². The molecule has 3 nitrogen and oxygen atoms in total. The molecular formula is C14H10Cl2N2O. The molecule has 0 aliphatic heterocycles. The van der Waals surface area contributed by atoms with Crippen molar-refractivity contribution >= 4 is 34.2 Å². The van der Waals surface area contributed by atoms with E-state index in [0.29, 0.717) is 15.8 Å². The third-order valence-corrected chi connectivity index (χ3v) is 3.69. The summed E-state index contributed by atoms with van der Waals surface area (Å²) in [5, 5.41) is 2.10. The molecule has 19 heavy (non-hydrogen) atoms. The standard InChI is InChI=1S/C14H10Cl2N2O/c1-19-12-3-2-8(6-11(12)15)10-7-18-14-9(13(10)16)4-5-17-14/h2-7H,1H3,(H,17,18). The monoisotopic (exact) mass is 292 g/mol. The van der Waals surface area contributed by atoms with Gasteiger partial charge in [0.05, 0.1) is 17.2 Å². The summed E-state index contributed by atoms with van der Waals surface area (Å²) >= 11 is 12.5. The van der Waals surface area contributed by atoms with E-state index in [2.05, 4.69) is 9.97 Å². The second-order valence-electron chi connectivity index (χ2n) is 4.08. The fourth-order valence-corrected chi connectivity index (χ4v) is 2.58. The summed E-state index contributed by atoms with van der Waals surface area (Å²) in [4.78, 5) is 7.36. The summed E-state index contributed by atoms with van der Waals surface area (Å²) in [6.07, 6.45) is 3.55. The Morgan fingerprint density at radius 3 is 2.79 bits per heavy atom. The number of aromatic nitrogens is 2. The number of benzene rings is 1. The van der Waals surface area contributed by atoms with E-state index < -0.39 is 0 Å². The fourth-order valence-electron chi connectivity index (χ4n) is 2.01. The normalized spacial score (nSPS) is 10.9. The summed E-state index contributed by atoms with van der Waals surface area (Å²) in [6.45, 7) is 0. The Bertz CT molecular complexity index is 752. The number of nitrogens with zero attached hydrogens (tertiary/aromatic N) is 1. The summed E-state index contributed by atoms with van der Waals surface area (Å²) in [5.41, 5.74) is 2.53. The molecule has 0 saturated heterocycles. The van der Waals surface area contributed by atoms with E-state index in [0.717, 1.165) is 22.2 Å². The lowest BCUT2D eigenvalue weighted by atomic mass is 10.1. The Kier molecular flexibility index (Phi) is 3.09. The molecule has 0 spiro atoms. The second kappa shape index (κ2) is 4.76. The molecule has 0 bridgehead atoms. The van der Waals surface area contributed by atoms with Crippen LogP contribution in [0.5, 0.6) is 5.75 Å². The van der Waals surface area contributed by atoms with Crippen LogP contribution in [0, 0.1) is 0 Å². The van der Waals surface area contributed by atoms with E-state index in [1.165, 1.54) is 0 Å². The van der Waals surface area contributed by atoms with Crippen LogP contribution < -0.4 is 4.74 Å². The van der Waals surface area contributed by atoms with Gasteiger partial charge in [0.15, 0.2) is 0 Å². The van der Waals surface area contributed by atoms with E-state index >= 15 is 0 Å². The van der Waals surface area contributed by atoms with Crippen LogP contribution in [0.2, 0.25) is 10.0 Å². The molecule has 1 N–H and O–H groups in total. The molecule has 0 atom stereocenters.